The number of nitrogens with zero attached hydrogens (tertiary/aromatic N) is 3. The molecule has 130 valence electrons. The number of hydrogen-bond acceptors (Lipinski definition) is 5. The van der Waals surface area contributed by atoms with Gasteiger partial charge in [0.2, 0.25) is 0 Å². The second-order valence-corrected chi connectivity index (χ2v) is 8.27. The SMILES string of the molecule is Cc1cccc(C(=O)N2CC3(C[C@H](OCc4ccccn4)CS3)C2)n1. The van der Waals surface area contributed by atoms with Gasteiger partial charge in [0, 0.05) is 30.7 Å². The van der Waals surface area contributed by atoms with E-state index in [0.717, 1.165) is 36.7 Å². The van der Waals surface area contributed by atoms with Gasteiger partial charge in [-0.05, 0) is 37.6 Å². The number of ether oxygens (including phenoxy) is 1. The highest BCUT2D eigenvalue weighted by atomic mass is 32.2. The third-order valence-electron chi connectivity index (χ3n) is 4.72. The number of carbonyl (C=O) groups excluding carboxylic acids is 1. The minimum absolute atomic E-state index is 0.0350. The highest BCUT2D eigenvalue weighted by molar-refractivity contribution is 8.01. The van der Waals surface area contributed by atoms with Gasteiger partial charge in [-0.1, -0.05) is 12.1 Å². The predicted molar refractivity (Wildman–Crippen MR) is 97.5 cm³/mol. The molecule has 4 heterocycles. The molecule has 0 unspecified atom stereocenters. The van der Waals surface area contributed by atoms with E-state index in [0.29, 0.717) is 12.3 Å². The van der Waals surface area contributed by atoms with Gasteiger partial charge in [0.15, 0.2) is 0 Å². The third kappa shape index (κ3) is 3.55. The molecule has 0 saturated carbocycles. The average Bonchev–Trinajstić information content (AvgIpc) is 3.04. The molecular formula is C19H21N3O2S. The van der Waals surface area contributed by atoms with Crippen molar-refractivity contribution in [3.05, 3.63) is 59.7 Å². The zero-order valence-electron chi connectivity index (χ0n) is 14.2. The molecule has 2 saturated heterocycles. The van der Waals surface area contributed by atoms with E-state index >= 15 is 0 Å². The number of aromatic nitrogens is 2. The second kappa shape index (κ2) is 6.77. The lowest BCUT2D eigenvalue weighted by Crippen LogP contribution is -2.60. The first-order valence-corrected chi connectivity index (χ1v) is 9.51. The Bertz CT molecular complexity index is 762. The Morgan fingerprint density at radius 1 is 1.32 bits per heavy atom. The van der Waals surface area contributed by atoms with E-state index in [1.807, 2.05) is 53.9 Å². The van der Waals surface area contributed by atoms with Crippen LogP contribution in [-0.2, 0) is 11.3 Å². The Hall–Kier alpha value is -1.92. The van der Waals surface area contributed by atoms with E-state index in [1.54, 1.807) is 12.3 Å². The number of hydrogen-bond donors (Lipinski definition) is 0. The minimum atomic E-state index is 0.0350. The Balaban J connectivity index is 1.29. The first-order chi connectivity index (χ1) is 12.1. The first-order valence-electron chi connectivity index (χ1n) is 8.52. The molecule has 0 bridgehead atoms. The molecule has 0 radical (unpaired) electrons. The van der Waals surface area contributed by atoms with Crippen LogP contribution >= 0.6 is 11.8 Å². The Labute approximate surface area is 151 Å². The summed E-state index contributed by atoms with van der Waals surface area (Å²) in [4.78, 5) is 23.1. The Kier molecular flexibility index (Phi) is 4.48. The summed E-state index contributed by atoms with van der Waals surface area (Å²) in [6, 6.07) is 11.5. The molecule has 25 heavy (non-hydrogen) atoms. The van der Waals surface area contributed by atoms with Crippen LogP contribution in [-0.4, -0.2) is 50.5 Å². The monoisotopic (exact) mass is 355 g/mol. The molecular weight excluding hydrogens is 334 g/mol. The summed E-state index contributed by atoms with van der Waals surface area (Å²) in [5, 5.41) is 0. The number of rotatable bonds is 4. The molecule has 4 rings (SSSR count). The van der Waals surface area contributed by atoms with Crippen molar-refractivity contribution in [1.29, 1.82) is 0 Å². The molecule has 0 aromatic carbocycles. The smallest absolute Gasteiger partial charge is 0.272 e. The van der Waals surface area contributed by atoms with Crippen LogP contribution in [0.5, 0.6) is 0 Å². The topological polar surface area (TPSA) is 55.3 Å². The number of aryl methyl sites for hydroxylation is 1. The fraction of sp³-hybridized carbons (Fsp3) is 0.421. The largest absolute Gasteiger partial charge is 0.371 e. The summed E-state index contributed by atoms with van der Waals surface area (Å²) in [5.74, 6) is 1.02. The van der Waals surface area contributed by atoms with Crippen LogP contribution in [0.3, 0.4) is 0 Å². The molecule has 0 N–H and O–H groups in total. The van der Waals surface area contributed by atoms with Crippen LogP contribution in [0.1, 0.15) is 28.3 Å². The van der Waals surface area contributed by atoms with E-state index in [1.165, 1.54) is 0 Å². The Morgan fingerprint density at radius 3 is 2.96 bits per heavy atom. The van der Waals surface area contributed by atoms with Gasteiger partial charge in [0.25, 0.3) is 5.91 Å². The zero-order valence-corrected chi connectivity index (χ0v) is 15.0. The maximum Gasteiger partial charge on any atom is 0.272 e. The van der Waals surface area contributed by atoms with Gasteiger partial charge in [0.05, 0.1) is 23.2 Å². The molecule has 2 fully saturated rings. The molecule has 2 aromatic rings. The summed E-state index contributed by atoms with van der Waals surface area (Å²) in [5.41, 5.74) is 2.38. The summed E-state index contributed by atoms with van der Waals surface area (Å²) >= 11 is 1.93. The predicted octanol–water partition coefficient (Wildman–Crippen LogP) is 2.70. The van der Waals surface area contributed by atoms with Crippen LogP contribution in [0.25, 0.3) is 0 Å². The minimum Gasteiger partial charge on any atom is -0.371 e. The van der Waals surface area contributed by atoms with Crippen LogP contribution in [0.4, 0.5) is 0 Å². The fourth-order valence-corrected chi connectivity index (χ4v) is 4.99. The molecule has 1 atom stereocenters. The lowest BCUT2D eigenvalue weighted by atomic mass is 9.92. The van der Waals surface area contributed by atoms with Crippen LogP contribution < -0.4 is 0 Å². The second-order valence-electron chi connectivity index (χ2n) is 6.78. The number of thioether (sulfide) groups is 1. The lowest BCUT2D eigenvalue weighted by molar-refractivity contribution is 0.0243. The van der Waals surface area contributed by atoms with E-state index in [-0.39, 0.29) is 16.8 Å². The highest BCUT2D eigenvalue weighted by Gasteiger charge is 2.51. The van der Waals surface area contributed by atoms with E-state index in [2.05, 4.69) is 9.97 Å². The molecule has 1 spiro atoms. The van der Waals surface area contributed by atoms with E-state index < -0.39 is 0 Å². The van der Waals surface area contributed by atoms with Crippen molar-refractivity contribution in [2.75, 3.05) is 18.8 Å². The van der Waals surface area contributed by atoms with Crippen LogP contribution in [0.15, 0.2) is 42.6 Å². The van der Waals surface area contributed by atoms with Crippen molar-refractivity contribution in [2.24, 2.45) is 0 Å². The van der Waals surface area contributed by atoms with Crippen molar-refractivity contribution in [3.8, 4) is 0 Å². The van der Waals surface area contributed by atoms with Crippen molar-refractivity contribution < 1.29 is 9.53 Å². The summed E-state index contributed by atoms with van der Waals surface area (Å²) in [6.07, 6.45) is 3.02. The van der Waals surface area contributed by atoms with Crippen molar-refractivity contribution in [3.63, 3.8) is 0 Å². The molecule has 0 aliphatic carbocycles. The molecule has 2 aliphatic rings. The average molecular weight is 355 g/mol. The number of carbonyl (C=O) groups is 1. The van der Waals surface area contributed by atoms with Crippen LogP contribution in [0.2, 0.25) is 0 Å². The maximum absolute atomic E-state index is 12.5. The summed E-state index contributed by atoms with van der Waals surface area (Å²) in [6.45, 7) is 4.04. The van der Waals surface area contributed by atoms with Gasteiger partial charge in [-0.3, -0.25) is 9.78 Å². The standard InChI is InChI=1S/C19H21N3O2S/c1-14-5-4-7-17(21-14)18(23)22-12-19(13-22)9-16(11-25-19)24-10-15-6-2-3-8-20-15/h2-8,16H,9-13H2,1H3/t16-/m0/s1. The fourth-order valence-electron chi connectivity index (χ4n) is 3.43. The van der Waals surface area contributed by atoms with Crippen molar-refractivity contribution in [2.45, 2.75) is 30.8 Å². The molecule has 2 aliphatic heterocycles. The van der Waals surface area contributed by atoms with E-state index in [4.69, 9.17) is 4.74 Å². The third-order valence-corrected chi connectivity index (χ3v) is 6.30. The first kappa shape index (κ1) is 16.5. The van der Waals surface area contributed by atoms with Gasteiger partial charge >= 0.3 is 0 Å². The van der Waals surface area contributed by atoms with Gasteiger partial charge in [0.1, 0.15) is 5.69 Å². The number of amides is 1. The van der Waals surface area contributed by atoms with Gasteiger partial charge in [-0.15, -0.1) is 11.8 Å². The maximum atomic E-state index is 12.5. The van der Waals surface area contributed by atoms with Gasteiger partial charge in [-0.25, -0.2) is 4.98 Å². The zero-order chi connectivity index (χ0) is 17.3. The molecule has 5 nitrogen and oxygen atoms in total. The number of likely N-dealkylation sites (tertiary alicyclic amines) is 1. The highest BCUT2D eigenvalue weighted by Crippen LogP contribution is 2.46. The molecule has 2 aromatic heterocycles. The number of pyridine rings is 2. The summed E-state index contributed by atoms with van der Waals surface area (Å²) < 4.78 is 6.18. The quantitative estimate of drug-likeness (QED) is 0.844. The van der Waals surface area contributed by atoms with Crippen LogP contribution in [0, 0.1) is 6.92 Å². The van der Waals surface area contributed by atoms with Gasteiger partial charge < -0.3 is 9.64 Å². The lowest BCUT2D eigenvalue weighted by Gasteiger charge is -2.47. The van der Waals surface area contributed by atoms with Gasteiger partial charge in [-0.2, -0.15) is 0 Å². The van der Waals surface area contributed by atoms with Crippen molar-refractivity contribution >= 4 is 17.7 Å². The Morgan fingerprint density at radius 2 is 2.20 bits per heavy atom. The molecule has 1 amide bonds. The normalized spacial score (nSPS) is 21.3. The molecule has 6 heteroatoms. The van der Waals surface area contributed by atoms with Crippen molar-refractivity contribution in [1.82, 2.24) is 14.9 Å². The summed E-state index contributed by atoms with van der Waals surface area (Å²) in [7, 11) is 0. The van der Waals surface area contributed by atoms with E-state index in [9.17, 15) is 4.79 Å².